The average molecular weight is 191 g/mol. The fourth-order valence-corrected chi connectivity index (χ4v) is 1.50. The Bertz CT molecular complexity index is 388. The first kappa shape index (κ1) is 8.87. The minimum absolute atomic E-state index is 0.0723. The fraction of sp³-hybridized carbons (Fsp3) is 0.300. The second kappa shape index (κ2) is 2.90. The van der Waals surface area contributed by atoms with Crippen LogP contribution in [0.1, 0.15) is 19.0 Å². The van der Waals surface area contributed by atoms with Crippen LogP contribution in [0.5, 0.6) is 0 Å². The van der Waals surface area contributed by atoms with Gasteiger partial charge in [0.1, 0.15) is 5.41 Å². The number of aromatic nitrogens is 1. The molecular weight excluding hydrogens is 182 g/mol. The lowest BCUT2D eigenvalue weighted by atomic mass is 9.85. The molecule has 1 aromatic heterocycles. The van der Waals surface area contributed by atoms with E-state index in [0.29, 0.717) is 5.69 Å². The Hall–Kier alpha value is -1.71. The number of pyridine rings is 1. The van der Waals surface area contributed by atoms with Gasteiger partial charge in [-0.2, -0.15) is 0 Å². The molecule has 0 spiro atoms. The maximum atomic E-state index is 11.4. The van der Waals surface area contributed by atoms with Gasteiger partial charge in [0.25, 0.3) is 0 Å². The van der Waals surface area contributed by atoms with Gasteiger partial charge in [-0.1, -0.05) is 6.07 Å². The number of hydrogen-bond donors (Lipinski definition) is 0. The summed E-state index contributed by atoms with van der Waals surface area (Å²) in [5, 5.41) is 0. The standard InChI is InChI=1S/C10H9NO3/c1-10(6-8(12)14-9(10)13)7-4-2-3-5-11-7/h2-5H,6H2,1H3. The van der Waals surface area contributed by atoms with Crippen molar-refractivity contribution in [3.63, 3.8) is 0 Å². The molecule has 2 heterocycles. The Kier molecular flexibility index (Phi) is 1.84. The number of carbonyl (C=O) groups is 2. The number of carbonyl (C=O) groups excluding carboxylic acids is 2. The fourth-order valence-electron chi connectivity index (χ4n) is 1.50. The smallest absolute Gasteiger partial charge is 0.326 e. The summed E-state index contributed by atoms with van der Waals surface area (Å²) in [4.78, 5) is 26.5. The summed E-state index contributed by atoms with van der Waals surface area (Å²) in [6, 6.07) is 5.26. The van der Waals surface area contributed by atoms with Crippen LogP contribution >= 0.6 is 0 Å². The van der Waals surface area contributed by atoms with Gasteiger partial charge >= 0.3 is 11.9 Å². The van der Waals surface area contributed by atoms with Crippen molar-refractivity contribution >= 4 is 11.9 Å². The highest BCUT2D eigenvalue weighted by Gasteiger charge is 2.47. The summed E-state index contributed by atoms with van der Waals surface area (Å²) >= 11 is 0. The first-order chi connectivity index (χ1) is 6.63. The first-order valence-electron chi connectivity index (χ1n) is 4.29. The molecule has 1 aliphatic rings. The van der Waals surface area contributed by atoms with Crippen LogP contribution in [0, 0.1) is 0 Å². The lowest BCUT2D eigenvalue weighted by molar-refractivity contribution is -0.153. The molecule has 4 nitrogen and oxygen atoms in total. The summed E-state index contributed by atoms with van der Waals surface area (Å²) in [7, 11) is 0. The first-order valence-corrected chi connectivity index (χ1v) is 4.29. The number of cyclic esters (lactones) is 2. The molecule has 0 aromatic carbocycles. The number of nitrogens with zero attached hydrogens (tertiary/aromatic N) is 1. The van der Waals surface area contributed by atoms with E-state index in [2.05, 4.69) is 9.72 Å². The van der Waals surface area contributed by atoms with Crippen molar-refractivity contribution in [3.8, 4) is 0 Å². The zero-order valence-electron chi connectivity index (χ0n) is 7.69. The van der Waals surface area contributed by atoms with Crippen LogP contribution < -0.4 is 0 Å². The second-order valence-electron chi connectivity index (χ2n) is 3.49. The Morgan fingerprint density at radius 1 is 1.43 bits per heavy atom. The van der Waals surface area contributed by atoms with Crippen molar-refractivity contribution in [1.29, 1.82) is 0 Å². The third kappa shape index (κ3) is 1.19. The Balaban J connectivity index is 2.43. The monoisotopic (exact) mass is 191 g/mol. The van der Waals surface area contributed by atoms with Crippen molar-refractivity contribution in [2.24, 2.45) is 0 Å². The highest BCUT2D eigenvalue weighted by Crippen LogP contribution is 2.32. The van der Waals surface area contributed by atoms with Crippen LogP contribution in [0.4, 0.5) is 0 Å². The van der Waals surface area contributed by atoms with E-state index in [1.165, 1.54) is 0 Å². The van der Waals surface area contributed by atoms with Crippen molar-refractivity contribution in [1.82, 2.24) is 4.98 Å². The maximum Gasteiger partial charge on any atom is 0.326 e. The van der Waals surface area contributed by atoms with Gasteiger partial charge in [-0.05, 0) is 19.1 Å². The number of hydrogen-bond acceptors (Lipinski definition) is 4. The largest absolute Gasteiger partial charge is 0.392 e. The van der Waals surface area contributed by atoms with E-state index in [1.54, 1.807) is 31.3 Å². The van der Waals surface area contributed by atoms with Crippen molar-refractivity contribution < 1.29 is 14.3 Å². The molecule has 0 aliphatic carbocycles. The lowest BCUT2D eigenvalue weighted by Crippen LogP contribution is -2.28. The normalized spacial score (nSPS) is 26.4. The number of rotatable bonds is 1. The van der Waals surface area contributed by atoms with E-state index in [4.69, 9.17) is 0 Å². The molecule has 0 radical (unpaired) electrons. The summed E-state index contributed by atoms with van der Waals surface area (Å²) in [5.74, 6) is -0.996. The SMILES string of the molecule is CC1(c2ccccn2)CC(=O)OC1=O. The predicted molar refractivity (Wildman–Crippen MR) is 47.3 cm³/mol. The van der Waals surface area contributed by atoms with E-state index < -0.39 is 17.4 Å². The number of esters is 2. The highest BCUT2D eigenvalue weighted by molar-refractivity contribution is 6.00. The minimum atomic E-state index is -0.904. The van der Waals surface area contributed by atoms with Crippen LogP contribution in [0.15, 0.2) is 24.4 Å². The molecular formula is C10H9NO3. The van der Waals surface area contributed by atoms with Gasteiger partial charge in [0.2, 0.25) is 0 Å². The van der Waals surface area contributed by atoms with Gasteiger partial charge in [0, 0.05) is 6.20 Å². The summed E-state index contributed by atoms with van der Waals surface area (Å²) in [6.45, 7) is 1.67. The Morgan fingerprint density at radius 2 is 2.21 bits per heavy atom. The van der Waals surface area contributed by atoms with Gasteiger partial charge in [-0.15, -0.1) is 0 Å². The predicted octanol–water partition coefficient (Wildman–Crippen LogP) is 0.813. The molecule has 1 fully saturated rings. The average Bonchev–Trinajstić information content (AvgIpc) is 2.43. The van der Waals surface area contributed by atoms with Crippen LogP contribution in [0.2, 0.25) is 0 Å². The van der Waals surface area contributed by atoms with E-state index in [1.807, 2.05) is 0 Å². The molecule has 1 unspecified atom stereocenters. The topological polar surface area (TPSA) is 56.3 Å². The molecule has 1 aliphatic heterocycles. The van der Waals surface area contributed by atoms with Gasteiger partial charge in [0.05, 0.1) is 12.1 Å². The molecule has 1 saturated heterocycles. The molecule has 1 atom stereocenters. The van der Waals surface area contributed by atoms with Crippen LogP contribution in [0.25, 0.3) is 0 Å². The van der Waals surface area contributed by atoms with E-state index in [0.717, 1.165) is 0 Å². The Morgan fingerprint density at radius 3 is 2.71 bits per heavy atom. The molecule has 1 aromatic rings. The van der Waals surface area contributed by atoms with Crippen molar-refractivity contribution in [2.45, 2.75) is 18.8 Å². The van der Waals surface area contributed by atoms with Gasteiger partial charge < -0.3 is 4.74 Å². The third-order valence-corrected chi connectivity index (χ3v) is 2.39. The van der Waals surface area contributed by atoms with Crippen LogP contribution in [-0.2, 0) is 19.7 Å². The second-order valence-corrected chi connectivity index (χ2v) is 3.49. The van der Waals surface area contributed by atoms with Gasteiger partial charge in [-0.25, -0.2) is 0 Å². The summed E-state index contributed by atoms with van der Waals surface area (Å²) in [5.41, 5.74) is -0.325. The highest BCUT2D eigenvalue weighted by atomic mass is 16.6. The van der Waals surface area contributed by atoms with Crippen molar-refractivity contribution in [3.05, 3.63) is 30.1 Å². The lowest BCUT2D eigenvalue weighted by Gasteiger charge is -2.16. The zero-order valence-corrected chi connectivity index (χ0v) is 7.69. The van der Waals surface area contributed by atoms with E-state index in [-0.39, 0.29) is 6.42 Å². The number of ether oxygens (including phenoxy) is 1. The Labute approximate surface area is 80.9 Å². The van der Waals surface area contributed by atoms with Gasteiger partial charge in [0.15, 0.2) is 0 Å². The molecule has 2 rings (SSSR count). The molecule has 4 heteroatoms. The molecule has 0 amide bonds. The quantitative estimate of drug-likeness (QED) is 0.487. The summed E-state index contributed by atoms with van der Waals surface area (Å²) in [6.07, 6.45) is 1.67. The summed E-state index contributed by atoms with van der Waals surface area (Å²) < 4.78 is 4.51. The molecule has 14 heavy (non-hydrogen) atoms. The van der Waals surface area contributed by atoms with Crippen molar-refractivity contribution in [2.75, 3.05) is 0 Å². The minimum Gasteiger partial charge on any atom is -0.392 e. The van der Waals surface area contributed by atoms with E-state index >= 15 is 0 Å². The van der Waals surface area contributed by atoms with Gasteiger partial charge in [-0.3, -0.25) is 14.6 Å². The molecule has 0 N–H and O–H groups in total. The molecule has 0 bridgehead atoms. The zero-order chi connectivity index (χ0) is 10.2. The third-order valence-electron chi connectivity index (χ3n) is 2.39. The molecule has 0 saturated carbocycles. The van der Waals surface area contributed by atoms with E-state index in [9.17, 15) is 9.59 Å². The maximum absolute atomic E-state index is 11.4. The molecule has 72 valence electrons. The van der Waals surface area contributed by atoms with Crippen LogP contribution in [0.3, 0.4) is 0 Å². The van der Waals surface area contributed by atoms with Crippen LogP contribution in [-0.4, -0.2) is 16.9 Å².